The van der Waals surface area contributed by atoms with Crippen molar-refractivity contribution in [2.75, 3.05) is 0 Å². The second-order valence-corrected chi connectivity index (χ2v) is 7.57. The lowest BCUT2D eigenvalue weighted by Gasteiger charge is -2.10. The quantitative estimate of drug-likeness (QED) is 0.500. The maximum atomic E-state index is 5.08. The molecule has 2 heteroatoms. The SMILES string of the molecule is Cc1ccccc1-c1nc2c(c[n+]1C)-c1cccc(CC(C)C)c1C2. The Kier molecular flexibility index (Phi) is 3.91. The van der Waals surface area contributed by atoms with Crippen molar-refractivity contribution in [1.29, 1.82) is 0 Å². The van der Waals surface area contributed by atoms with Gasteiger partial charge in [-0.1, -0.05) is 50.2 Å². The van der Waals surface area contributed by atoms with Gasteiger partial charge >= 0.3 is 5.82 Å². The van der Waals surface area contributed by atoms with Crippen molar-refractivity contribution in [1.82, 2.24) is 4.98 Å². The number of hydrogen-bond acceptors (Lipinski definition) is 1. The number of hydrogen-bond donors (Lipinski definition) is 0. The molecule has 0 N–H and O–H groups in total. The molecule has 2 aromatic carbocycles. The fraction of sp³-hybridized carbons (Fsp3) is 0.304. The normalized spacial score (nSPS) is 12.4. The van der Waals surface area contributed by atoms with Gasteiger partial charge in [0, 0.05) is 6.42 Å². The maximum absolute atomic E-state index is 5.08. The van der Waals surface area contributed by atoms with Crippen LogP contribution in [-0.2, 0) is 19.9 Å². The van der Waals surface area contributed by atoms with E-state index >= 15 is 0 Å². The van der Waals surface area contributed by atoms with Gasteiger partial charge in [0.2, 0.25) is 0 Å². The highest BCUT2D eigenvalue weighted by Gasteiger charge is 2.29. The third kappa shape index (κ3) is 2.76. The highest BCUT2D eigenvalue weighted by molar-refractivity contribution is 5.76. The van der Waals surface area contributed by atoms with Gasteiger partial charge in [0.05, 0.1) is 18.2 Å². The molecule has 1 aromatic heterocycles. The second-order valence-electron chi connectivity index (χ2n) is 7.57. The molecular formula is C23H25N2+. The predicted molar refractivity (Wildman–Crippen MR) is 102 cm³/mol. The Bertz CT molecular complexity index is 954. The van der Waals surface area contributed by atoms with E-state index in [9.17, 15) is 0 Å². The van der Waals surface area contributed by atoms with Crippen molar-refractivity contribution in [3.05, 3.63) is 71.0 Å². The van der Waals surface area contributed by atoms with E-state index in [0.29, 0.717) is 5.92 Å². The molecule has 3 aromatic rings. The largest absolute Gasteiger partial charge is 0.330 e. The summed E-state index contributed by atoms with van der Waals surface area (Å²) in [5.41, 5.74) is 9.30. The Morgan fingerprint density at radius 1 is 1.00 bits per heavy atom. The summed E-state index contributed by atoms with van der Waals surface area (Å²) in [4.78, 5) is 5.08. The minimum atomic E-state index is 0.668. The Hall–Kier alpha value is -2.48. The molecule has 0 aliphatic heterocycles. The second kappa shape index (κ2) is 6.11. The van der Waals surface area contributed by atoms with Crippen LogP contribution in [0.3, 0.4) is 0 Å². The number of fused-ring (bicyclic) bond motifs is 3. The lowest BCUT2D eigenvalue weighted by Crippen LogP contribution is -2.32. The molecule has 0 fully saturated rings. The van der Waals surface area contributed by atoms with E-state index in [0.717, 1.165) is 18.7 Å². The average molecular weight is 329 g/mol. The van der Waals surface area contributed by atoms with E-state index in [1.807, 2.05) is 0 Å². The van der Waals surface area contributed by atoms with Gasteiger partial charge in [-0.25, -0.2) is 4.57 Å². The van der Waals surface area contributed by atoms with Gasteiger partial charge < -0.3 is 0 Å². The van der Waals surface area contributed by atoms with E-state index in [1.165, 1.54) is 39.1 Å². The molecule has 0 spiro atoms. The highest BCUT2D eigenvalue weighted by atomic mass is 15.0. The molecule has 0 saturated heterocycles. The minimum absolute atomic E-state index is 0.668. The monoisotopic (exact) mass is 329 g/mol. The van der Waals surface area contributed by atoms with Crippen molar-refractivity contribution < 1.29 is 4.57 Å². The van der Waals surface area contributed by atoms with Crippen molar-refractivity contribution in [3.8, 4) is 22.5 Å². The van der Waals surface area contributed by atoms with Gasteiger partial charge in [0.15, 0.2) is 5.69 Å². The van der Waals surface area contributed by atoms with Crippen LogP contribution in [0.2, 0.25) is 0 Å². The van der Waals surface area contributed by atoms with Crippen LogP contribution in [0.1, 0.15) is 36.2 Å². The summed E-state index contributed by atoms with van der Waals surface area (Å²) in [6, 6.07) is 15.2. The fourth-order valence-corrected chi connectivity index (χ4v) is 3.92. The maximum Gasteiger partial charge on any atom is 0.330 e. The molecule has 25 heavy (non-hydrogen) atoms. The summed E-state index contributed by atoms with van der Waals surface area (Å²) in [6.07, 6.45) is 4.34. The van der Waals surface area contributed by atoms with Gasteiger partial charge in [-0.2, -0.15) is 0 Å². The Balaban J connectivity index is 1.83. The molecule has 126 valence electrons. The summed E-state index contributed by atoms with van der Waals surface area (Å²) in [6.45, 7) is 6.73. The first-order chi connectivity index (χ1) is 12.0. The molecule has 0 atom stereocenters. The smallest absolute Gasteiger partial charge is 0.232 e. The van der Waals surface area contributed by atoms with E-state index < -0.39 is 0 Å². The third-order valence-corrected chi connectivity index (χ3v) is 5.13. The van der Waals surface area contributed by atoms with Crippen molar-refractivity contribution in [2.24, 2.45) is 13.0 Å². The van der Waals surface area contributed by atoms with E-state index in [-0.39, 0.29) is 0 Å². The first kappa shape index (κ1) is 16.0. The van der Waals surface area contributed by atoms with Crippen LogP contribution in [0.5, 0.6) is 0 Å². The molecule has 1 aliphatic carbocycles. The van der Waals surface area contributed by atoms with Crippen molar-refractivity contribution in [2.45, 2.75) is 33.6 Å². The van der Waals surface area contributed by atoms with Gasteiger partial charge in [-0.15, -0.1) is 0 Å². The predicted octanol–water partition coefficient (Wildman–Crippen LogP) is 4.65. The van der Waals surface area contributed by atoms with E-state index in [4.69, 9.17) is 4.98 Å². The van der Waals surface area contributed by atoms with Crippen LogP contribution in [0.4, 0.5) is 0 Å². The molecule has 0 bridgehead atoms. The zero-order valence-electron chi connectivity index (χ0n) is 15.5. The zero-order chi connectivity index (χ0) is 17.6. The molecular weight excluding hydrogens is 304 g/mol. The van der Waals surface area contributed by atoms with Gasteiger partial charge in [0.25, 0.3) is 0 Å². The van der Waals surface area contributed by atoms with E-state index in [2.05, 4.69) is 81.0 Å². The lowest BCUT2D eigenvalue weighted by atomic mass is 9.95. The number of rotatable bonds is 3. The van der Waals surface area contributed by atoms with Crippen LogP contribution < -0.4 is 4.57 Å². The Labute approximate surface area is 150 Å². The van der Waals surface area contributed by atoms with Crippen molar-refractivity contribution in [3.63, 3.8) is 0 Å². The molecule has 1 heterocycles. The molecule has 1 aliphatic rings. The summed E-state index contributed by atoms with van der Waals surface area (Å²) in [7, 11) is 2.10. The highest BCUT2D eigenvalue weighted by Crippen LogP contribution is 2.38. The number of aryl methyl sites for hydroxylation is 2. The minimum Gasteiger partial charge on any atom is -0.232 e. The first-order valence-corrected chi connectivity index (χ1v) is 9.11. The van der Waals surface area contributed by atoms with Gasteiger partial charge in [-0.05, 0) is 52.6 Å². The number of aromatic nitrogens is 2. The summed E-state index contributed by atoms with van der Waals surface area (Å²) in [5.74, 6) is 1.72. The summed E-state index contributed by atoms with van der Waals surface area (Å²) < 4.78 is 2.17. The molecule has 0 radical (unpaired) electrons. The lowest BCUT2D eigenvalue weighted by molar-refractivity contribution is -0.662. The van der Waals surface area contributed by atoms with Crippen LogP contribution in [-0.4, -0.2) is 4.98 Å². The van der Waals surface area contributed by atoms with Crippen LogP contribution in [0, 0.1) is 12.8 Å². The molecule has 4 rings (SSSR count). The zero-order valence-corrected chi connectivity index (χ0v) is 15.5. The summed E-state index contributed by atoms with van der Waals surface area (Å²) in [5, 5.41) is 0. The molecule has 0 amide bonds. The van der Waals surface area contributed by atoms with Crippen LogP contribution in [0.25, 0.3) is 22.5 Å². The number of benzene rings is 2. The molecule has 2 nitrogen and oxygen atoms in total. The average Bonchev–Trinajstić information content (AvgIpc) is 2.93. The molecule has 0 saturated carbocycles. The van der Waals surface area contributed by atoms with Gasteiger partial charge in [-0.3, -0.25) is 0 Å². The summed E-state index contributed by atoms with van der Waals surface area (Å²) >= 11 is 0. The van der Waals surface area contributed by atoms with E-state index in [1.54, 1.807) is 0 Å². The van der Waals surface area contributed by atoms with Crippen LogP contribution in [0.15, 0.2) is 48.7 Å². The Morgan fingerprint density at radius 2 is 1.76 bits per heavy atom. The molecule has 0 unspecified atom stereocenters. The first-order valence-electron chi connectivity index (χ1n) is 9.11. The standard InChI is InChI=1S/C23H25N2/c1-15(2)12-17-9-7-11-19-20(17)13-22-21(19)14-25(4)23(24-22)18-10-6-5-8-16(18)3/h5-11,14-15H,12-13H2,1-4H3/q+1. The number of nitrogens with zero attached hydrogens (tertiary/aromatic N) is 2. The van der Waals surface area contributed by atoms with Crippen molar-refractivity contribution >= 4 is 0 Å². The van der Waals surface area contributed by atoms with Crippen LogP contribution >= 0.6 is 0 Å². The Morgan fingerprint density at radius 3 is 2.52 bits per heavy atom. The van der Waals surface area contributed by atoms with Gasteiger partial charge in [0.1, 0.15) is 6.20 Å². The topological polar surface area (TPSA) is 16.8 Å². The third-order valence-electron chi connectivity index (χ3n) is 5.13. The fourth-order valence-electron chi connectivity index (χ4n) is 3.92.